The molecule has 0 aliphatic carbocycles. The van der Waals surface area contributed by atoms with E-state index in [1.165, 1.54) is 0 Å². The second-order valence-corrected chi connectivity index (χ2v) is 10.2. The molecule has 2 aromatic heterocycles. The van der Waals surface area contributed by atoms with E-state index in [2.05, 4.69) is 36.5 Å². The molecule has 4 N–H and O–H groups in total. The molecule has 0 radical (unpaired) electrons. The van der Waals surface area contributed by atoms with Gasteiger partial charge in [0.05, 0.1) is 11.3 Å². The van der Waals surface area contributed by atoms with Crippen LogP contribution in [0.4, 0.5) is 11.4 Å². The van der Waals surface area contributed by atoms with Gasteiger partial charge >= 0.3 is 0 Å². The van der Waals surface area contributed by atoms with Crippen molar-refractivity contribution in [3.05, 3.63) is 64.1 Å². The number of amides is 1. The molecule has 1 saturated heterocycles. The Kier molecular flexibility index (Phi) is 8.32. The maximum Gasteiger partial charge on any atom is 0.277 e. The SMILES string of the molecule is CCCc1nn(C)c2c(=O)[nH]c(-c3cc(NC4CCN(c5ccc(C(=O)NO)cc5)CC4)ccc3OCP)nc12. The van der Waals surface area contributed by atoms with Gasteiger partial charge in [-0.1, -0.05) is 22.6 Å². The number of nitrogens with zero attached hydrogens (tertiary/aromatic N) is 4. The van der Waals surface area contributed by atoms with E-state index in [0.717, 1.165) is 55.8 Å². The standard InChI is InChI=1S/C28H34N7O4P/c1-3-4-22-24-25(34(2)32-22)28(37)31-26(30-24)21-15-19(7-10-23(21)39-16-40)29-18-11-13-35(14-12-18)20-8-5-17(6-9-20)27(36)33-38/h5-10,15,18,29,38H,3-4,11-14,16,40H2,1-2H3,(H,33,36)(H,30,31,37). The van der Waals surface area contributed by atoms with Gasteiger partial charge in [0.1, 0.15) is 23.4 Å². The fraction of sp³-hybridized carbons (Fsp3) is 0.357. The van der Waals surface area contributed by atoms with Crippen molar-refractivity contribution >= 4 is 37.6 Å². The van der Waals surface area contributed by atoms with Crippen LogP contribution in [0.5, 0.6) is 5.75 Å². The van der Waals surface area contributed by atoms with E-state index in [-0.39, 0.29) is 11.6 Å². The zero-order valence-corrected chi connectivity index (χ0v) is 23.8. The first-order valence-electron chi connectivity index (χ1n) is 13.4. The topological polar surface area (TPSA) is 137 Å². The van der Waals surface area contributed by atoms with E-state index in [1.807, 2.05) is 30.3 Å². The van der Waals surface area contributed by atoms with Crippen LogP contribution in [0.2, 0.25) is 0 Å². The minimum absolute atomic E-state index is 0.232. The van der Waals surface area contributed by atoms with Gasteiger partial charge in [-0.15, -0.1) is 0 Å². The number of aromatic nitrogens is 4. The molecule has 11 nitrogen and oxygen atoms in total. The Morgan fingerprint density at radius 3 is 2.62 bits per heavy atom. The zero-order chi connectivity index (χ0) is 28.2. The van der Waals surface area contributed by atoms with Crippen LogP contribution in [0.25, 0.3) is 22.4 Å². The molecule has 1 amide bonds. The molecule has 0 saturated carbocycles. The molecular formula is C28H34N7O4P. The lowest BCUT2D eigenvalue weighted by atomic mass is 10.0. The van der Waals surface area contributed by atoms with Crippen LogP contribution in [0.1, 0.15) is 42.2 Å². The number of carbonyl (C=O) groups excluding carboxylic acids is 1. The van der Waals surface area contributed by atoms with Crippen molar-refractivity contribution in [1.29, 1.82) is 0 Å². The van der Waals surface area contributed by atoms with Crippen LogP contribution >= 0.6 is 9.24 Å². The smallest absolute Gasteiger partial charge is 0.277 e. The predicted octanol–water partition coefficient (Wildman–Crippen LogP) is 3.69. The molecule has 210 valence electrons. The summed E-state index contributed by atoms with van der Waals surface area (Å²) in [6.45, 7) is 3.79. The molecule has 1 atom stereocenters. The van der Waals surface area contributed by atoms with Crippen LogP contribution in [-0.2, 0) is 13.5 Å². The molecular weight excluding hydrogens is 529 g/mol. The van der Waals surface area contributed by atoms with Gasteiger partial charge in [0.15, 0.2) is 5.52 Å². The van der Waals surface area contributed by atoms with E-state index >= 15 is 0 Å². The van der Waals surface area contributed by atoms with Crippen molar-refractivity contribution in [2.24, 2.45) is 7.05 Å². The lowest BCUT2D eigenvalue weighted by Crippen LogP contribution is -2.39. The summed E-state index contributed by atoms with van der Waals surface area (Å²) >= 11 is 0. The first-order valence-corrected chi connectivity index (χ1v) is 14.2. The number of piperidine rings is 1. The third-order valence-electron chi connectivity index (χ3n) is 7.18. The Bertz CT molecular complexity index is 1560. The number of anilines is 2. The van der Waals surface area contributed by atoms with Gasteiger partial charge in [0.2, 0.25) is 0 Å². The third kappa shape index (κ3) is 5.66. The molecule has 12 heteroatoms. The molecule has 2 aromatic carbocycles. The molecule has 0 bridgehead atoms. The number of carbonyl (C=O) groups is 1. The van der Waals surface area contributed by atoms with Crippen molar-refractivity contribution in [2.75, 3.05) is 29.7 Å². The highest BCUT2D eigenvalue weighted by Gasteiger charge is 2.21. The Hall–Kier alpha value is -3.95. The summed E-state index contributed by atoms with van der Waals surface area (Å²) < 4.78 is 7.47. The van der Waals surface area contributed by atoms with Gasteiger partial charge in [-0.25, -0.2) is 10.5 Å². The molecule has 5 rings (SSSR count). The quantitative estimate of drug-likeness (QED) is 0.138. The third-order valence-corrected chi connectivity index (χ3v) is 7.35. The van der Waals surface area contributed by atoms with Crippen molar-refractivity contribution in [3.8, 4) is 17.1 Å². The number of hydrogen-bond donors (Lipinski definition) is 4. The van der Waals surface area contributed by atoms with Gasteiger partial charge in [-0.2, -0.15) is 5.10 Å². The number of hydroxylamine groups is 1. The Morgan fingerprint density at radius 1 is 1.20 bits per heavy atom. The average Bonchev–Trinajstić information content (AvgIpc) is 3.29. The number of ether oxygens (including phenoxy) is 1. The number of benzene rings is 2. The number of nitrogens with one attached hydrogen (secondary N) is 3. The monoisotopic (exact) mass is 563 g/mol. The first-order chi connectivity index (χ1) is 19.4. The molecule has 1 aliphatic heterocycles. The highest BCUT2D eigenvalue weighted by atomic mass is 31.0. The number of aryl methyl sites for hydroxylation is 2. The van der Waals surface area contributed by atoms with Crippen molar-refractivity contribution in [1.82, 2.24) is 25.2 Å². The largest absolute Gasteiger partial charge is 0.489 e. The molecule has 0 spiro atoms. The van der Waals surface area contributed by atoms with Crippen molar-refractivity contribution in [3.63, 3.8) is 0 Å². The zero-order valence-electron chi connectivity index (χ0n) is 22.6. The first kappa shape index (κ1) is 27.6. The fourth-order valence-electron chi connectivity index (χ4n) is 5.21. The normalized spacial score (nSPS) is 13.9. The predicted molar refractivity (Wildman–Crippen MR) is 158 cm³/mol. The van der Waals surface area contributed by atoms with Gasteiger partial charge in [-0.05, 0) is 61.7 Å². The number of fused-ring (bicyclic) bond motifs is 1. The second-order valence-electron chi connectivity index (χ2n) is 9.85. The molecule has 1 fully saturated rings. The van der Waals surface area contributed by atoms with E-state index < -0.39 is 5.91 Å². The summed E-state index contributed by atoms with van der Waals surface area (Å²) in [5.74, 6) is 0.564. The second kappa shape index (κ2) is 12.1. The summed E-state index contributed by atoms with van der Waals surface area (Å²) in [6, 6.07) is 13.3. The fourth-order valence-corrected chi connectivity index (χ4v) is 5.39. The molecule has 3 heterocycles. The molecule has 4 aromatic rings. The Labute approximate surface area is 234 Å². The molecule has 40 heavy (non-hydrogen) atoms. The van der Waals surface area contributed by atoms with Crippen LogP contribution in [0.15, 0.2) is 47.3 Å². The van der Waals surface area contributed by atoms with E-state index in [1.54, 1.807) is 29.3 Å². The van der Waals surface area contributed by atoms with Crippen molar-refractivity contribution < 1.29 is 14.7 Å². The maximum atomic E-state index is 13.0. The van der Waals surface area contributed by atoms with Crippen molar-refractivity contribution in [2.45, 2.75) is 38.6 Å². The van der Waals surface area contributed by atoms with Gasteiger partial charge < -0.3 is 19.9 Å². The van der Waals surface area contributed by atoms with E-state index in [4.69, 9.17) is 14.9 Å². The summed E-state index contributed by atoms with van der Waals surface area (Å²) in [7, 11) is 4.32. The Morgan fingerprint density at radius 2 is 1.95 bits per heavy atom. The highest BCUT2D eigenvalue weighted by Crippen LogP contribution is 2.33. The summed E-state index contributed by atoms with van der Waals surface area (Å²) in [5.41, 5.74) is 6.41. The lowest BCUT2D eigenvalue weighted by molar-refractivity contribution is 0.0706. The molecule has 1 aliphatic rings. The van der Waals surface area contributed by atoms with Crippen LogP contribution < -0.4 is 26.0 Å². The van der Waals surface area contributed by atoms with Crippen LogP contribution in [0.3, 0.4) is 0 Å². The van der Waals surface area contributed by atoms with Crippen LogP contribution in [-0.4, -0.2) is 56.3 Å². The summed E-state index contributed by atoms with van der Waals surface area (Å²) in [5, 5.41) is 17.0. The Balaban J connectivity index is 1.35. The lowest BCUT2D eigenvalue weighted by Gasteiger charge is -2.34. The number of aromatic amines is 1. The summed E-state index contributed by atoms with van der Waals surface area (Å²) in [4.78, 5) is 34.7. The average molecular weight is 564 g/mol. The highest BCUT2D eigenvalue weighted by molar-refractivity contribution is 7.16. The molecule has 1 unspecified atom stereocenters. The van der Waals surface area contributed by atoms with Gasteiger partial charge in [0.25, 0.3) is 11.5 Å². The minimum Gasteiger partial charge on any atom is -0.489 e. The number of rotatable bonds is 9. The van der Waals surface area contributed by atoms with E-state index in [0.29, 0.717) is 40.1 Å². The minimum atomic E-state index is -0.524. The van der Waals surface area contributed by atoms with Gasteiger partial charge in [-0.3, -0.25) is 19.5 Å². The van der Waals surface area contributed by atoms with E-state index in [9.17, 15) is 9.59 Å². The number of H-pyrrole nitrogens is 1. The summed E-state index contributed by atoms with van der Waals surface area (Å²) in [6.07, 6.45) is 3.90. The van der Waals surface area contributed by atoms with Gasteiger partial charge in [0, 0.05) is 43.1 Å². The number of hydrogen-bond acceptors (Lipinski definition) is 8. The van der Waals surface area contributed by atoms with Crippen LogP contribution in [0, 0.1) is 0 Å². The maximum absolute atomic E-state index is 13.0.